The number of halogens is 2. The molecule has 0 saturated heterocycles. The lowest BCUT2D eigenvalue weighted by atomic mass is 10.2. The summed E-state index contributed by atoms with van der Waals surface area (Å²) in [5.74, 6) is -0.471. The van der Waals surface area contributed by atoms with E-state index in [0.717, 1.165) is 21.7 Å². The van der Waals surface area contributed by atoms with Crippen LogP contribution in [0.15, 0.2) is 36.4 Å². The minimum Gasteiger partial charge on any atom is -0.207 e. The summed E-state index contributed by atoms with van der Waals surface area (Å²) in [7, 11) is 0.282. The predicted octanol–water partition coefficient (Wildman–Crippen LogP) is 3.21. The molecule has 0 heterocycles. The fourth-order valence-corrected chi connectivity index (χ4v) is 3.14. The summed E-state index contributed by atoms with van der Waals surface area (Å²) in [6.07, 6.45) is 0. The van der Waals surface area contributed by atoms with Crippen molar-refractivity contribution in [2.45, 2.75) is 13.8 Å². The van der Waals surface area contributed by atoms with Crippen molar-refractivity contribution in [3.05, 3.63) is 59.2 Å². The highest BCUT2D eigenvalue weighted by Gasteiger charge is 2.02. The fraction of sp³-hybridized carbons (Fsp3) is 0.143. The summed E-state index contributed by atoms with van der Waals surface area (Å²) in [5, 5.41) is 1.79. The molecule has 0 aliphatic heterocycles. The molecule has 2 aromatic carbocycles. The van der Waals surface area contributed by atoms with E-state index >= 15 is 0 Å². The number of aryl methyl sites for hydroxylation is 2. The van der Waals surface area contributed by atoms with Crippen molar-refractivity contribution < 1.29 is 8.78 Å². The lowest BCUT2D eigenvalue weighted by Crippen LogP contribution is -2.06. The molecule has 0 spiro atoms. The van der Waals surface area contributed by atoms with Crippen molar-refractivity contribution in [2.24, 2.45) is 0 Å². The first-order chi connectivity index (χ1) is 8.02. The molecule has 17 heavy (non-hydrogen) atoms. The zero-order chi connectivity index (χ0) is 12.4. The van der Waals surface area contributed by atoms with Gasteiger partial charge in [0.2, 0.25) is 0 Å². The van der Waals surface area contributed by atoms with Crippen LogP contribution >= 0.6 is 8.58 Å². The minimum atomic E-state index is -0.236. The molecule has 0 N–H and O–H groups in total. The van der Waals surface area contributed by atoms with E-state index in [0.29, 0.717) is 0 Å². The molecule has 0 fully saturated rings. The van der Waals surface area contributed by atoms with Crippen molar-refractivity contribution in [1.82, 2.24) is 0 Å². The smallest absolute Gasteiger partial charge is 0.124 e. The van der Waals surface area contributed by atoms with Gasteiger partial charge in [-0.25, -0.2) is 8.78 Å². The van der Waals surface area contributed by atoms with Crippen LogP contribution < -0.4 is 10.6 Å². The van der Waals surface area contributed by atoms with Gasteiger partial charge in [0, 0.05) is 0 Å². The minimum absolute atomic E-state index is 0.236. The molecular formula is C14H13F2P. The van der Waals surface area contributed by atoms with E-state index in [9.17, 15) is 8.78 Å². The van der Waals surface area contributed by atoms with Crippen molar-refractivity contribution in [3.63, 3.8) is 0 Å². The van der Waals surface area contributed by atoms with Crippen LogP contribution in [-0.2, 0) is 0 Å². The second kappa shape index (κ2) is 4.93. The normalized spacial score (nSPS) is 10.6. The molecule has 2 aromatic rings. The lowest BCUT2D eigenvalue weighted by Gasteiger charge is -2.05. The standard InChI is InChI=1S/C14H13F2P/c1-9-3-11(15)7-13(5-9)17-14-6-10(2)4-12(16)8-14/h3-8,17H,1-2H3. The monoisotopic (exact) mass is 250 g/mol. The average Bonchev–Trinajstić information content (AvgIpc) is 2.13. The molecule has 3 heteroatoms. The van der Waals surface area contributed by atoms with Crippen LogP contribution in [0.4, 0.5) is 8.78 Å². The Labute approximate surface area is 101 Å². The third kappa shape index (κ3) is 3.34. The Morgan fingerprint density at radius 1 is 0.706 bits per heavy atom. The van der Waals surface area contributed by atoms with Crippen LogP contribution in [0.25, 0.3) is 0 Å². The van der Waals surface area contributed by atoms with Gasteiger partial charge in [0.15, 0.2) is 0 Å². The molecule has 0 unspecified atom stereocenters. The first kappa shape index (κ1) is 12.2. The number of hydrogen-bond donors (Lipinski definition) is 0. The quantitative estimate of drug-likeness (QED) is 0.718. The third-order valence-corrected chi connectivity index (χ3v) is 3.53. The maximum atomic E-state index is 13.2. The molecule has 0 bridgehead atoms. The molecule has 0 amide bonds. The van der Waals surface area contributed by atoms with Gasteiger partial charge in [-0.05, 0) is 59.8 Å². The maximum Gasteiger partial charge on any atom is 0.124 e. The molecule has 0 radical (unpaired) electrons. The van der Waals surface area contributed by atoms with E-state index < -0.39 is 0 Å². The molecule has 88 valence electrons. The number of benzene rings is 2. The summed E-state index contributed by atoms with van der Waals surface area (Å²) in [6.45, 7) is 3.71. The Kier molecular flexibility index (Phi) is 3.54. The van der Waals surface area contributed by atoms with E-state index in [1.165, 1.54) is 24.3 Å². The summed E-state index contributed by atoms with van der Waals surface area (Å²) in [5.41, 5.74) is 1.78. The van der Waals surface area contributed by atoms with Gasteiger partial charge in [-0.2, -0.15) is 0 Å². The number of hydrogen-bond acceptors (Lipinski definition) is 0. The van der Waals surface area contributed by atoms with E-state index in [1.54, 1.807) is 0 Å². The van der Waals surface area contributed by atoms with Crippen LogP contribution in [0, 0.1) is 25.5 Å². The van der Waals surface area contributed by atoms with Crippen LogP contribution in [0.1, 0.15) is 11.1 Å². The SMILES string of the molecule is Cc1cc(F)cc(Pc2cc(C)cc(F)c2)c1. The van der Waals surface area contributed by atoms with E-state index in [-0.39, 0.29) is 20.2 Å². The lowest BCUT2D eigenvalue weighted by molar-refractivity contribution is 0.627. The van der Waals surface area contributed by atoms with Gasteiger partial charge in [0.25, 0.3) is 0 Å². The largest absolute Gasteiger partial charge is 0.207 e. The Morgan fingerprint density at radius 3 is 1.47 bits per heavy atom. The average molecular weight is 250 g/mol. The fourth-order valence-electron chi connectivity index (χ4n) is 1.78. The molecule has 2 rings (SSSR count). The summed E-state index contributed by atoms with van der Waals surface area (Å²) >= 11 is 0. The second-order valence-electron chi connectivity index (χ2n) is 4.16. The van der Waals surface area contributed by atoms with Crippen molar-refractivity contribution in [1.29, 1.82) is 0 Å². The molecular weight excluding hydrogens is 237 g/mol. The van der Waals surface area contributed by atoms with Gasteiger partial charge in [-0.1, -0.05) is 20.7 Å². The van der Waals surface area contributed by atoms with Gasteiger partial charge in [0.1, 0.15) is 11.6 Å². The summed E-state index contributed by atoms with van der Waals surface area (Å²) < 4.78 is 26.4. The maximum absolute atomic E-state index is 13.2. The van der Waals surface area contributed by atoms with Gasteiger partial charge >= 0.3 is 0 Å². The highest BCUT2D eigenvalue weighted by molar-refractivity contribution is 7.55. The Hall–Kier alpha value is -1.27. The van der Waals surface area contributed by atoms with Gasteiger partial charge in [-0.3, -0.25) is 0 Å². The van der Waals surface area contributed by atoms with Gasteiger partial charge in [0.05, 0.1) is 0 Å². The molecule has 0 atom stereocenters. The van der Waals surface area contributed by atoms with E-state index in [1.807, 2.05) is 26.0 Å². The van der Waals surface area contributed by atoms with Crippen LogP contribution in [0.2, 0.25) is 0 Å². The molecule has 0 aliphatic carbocycles. The Morgan fingerprint density at radius 2 is 1.12 bits per heavy atom. The predicted molar refractivity (Wildman–Crippen MR) is 69.9 cm³/mol. The molecule has 0 aromatic heterocycles. The Balaban J connectivity index is 2.31. The van der Waals surface area contributed by atoms with Crippen molar-refractivity contribution in [3.8, 4) is 0 Å². The highest BCUT2D eigenvalue weighted by Crippen LogP contribution is 2.15. The first-order valence-electron chi connectivity index (χ1n) is 5.34. The van der Waals surface area contributed by atoms with E-state index in [4.69, 9.17) is 0 Å². The zero-order valence-corrected chi connectivity index (χ0v) is 10.7. The molecule has 0 saturated carbocycles. The topological polar surface area (TPSA) is 0 Å². The van der Waals surface area contributed by atoms with Crippen LogP contribution in [-0.4, -0.2) is 0 Å². The second-order valence-corrected chi connectivity index (χ2v) is 5.56. The van der Waals surface area contributed by atoms with Crippen molar-refractivity contribution in [2.75, 3.05) is 0 Å². The highest BCUT2D eigenvalue weighted by atomic mass is 31.1. The molecule has 0 aliphatic rings. The molecule has 0 nitrogen and oxygen atoms in total. The van der Waals surface area contributed by atoms with Gasteiger partial charge < -0.3 is 0 Å². The summed E-state index contributed by atoms with van der Waals surface area (Å²) in [6, 6.07) is 9.86. The third-order valence-electron chi connectivity index (χ3n) is 2.37. The van der Waals surface area contributed by atoms with Gasteiger partial charge in [-0.15, -0.1) is 0 Å². The van der Waals surface area contributed by atoms with Crippen molar-refractivity contribution >= 4 is 19.2 Å². The summed E-state index contributed by atoms with van der Waals surface area (Å²) in [4.78, 5) is 0. The first-order valence-corrected chi connectivity index (χ1v) is 6.34. The number of rotatable bonds is 2. The van der Waals surface area contributed by atoms with Crippen LogP contribution in [0.3, 0.4) is 0 Å². The van der Waals surface area contributed by atoms with Crippen LogP contribution in [0.5, 0.6) is 0 Å². The Bertz CT molecular complexity index is 460. The zero-order valence-electron chi connectivity index (χ0n) is 9.72. The van der Waals surface area contributed by atoms with E-state index in [2.05, 4.69) is 0 Å².